The van der Waals surface area contributed by atoms with Crippen molar-refractivity contribution in [1.82, 2.24) is 20.0 Å². The topological polar surface area (TPSA) is 90.1 Å². The number of hydrogen-bond donors (Lipinski definition) is 1. The van der Waals surface area contributed by atoms with Gasteiger partial charge >= 0.3 is 0 Å². The number of aromatic nitrogens is 4. The molecule has 2 aromatic heterocycles. The van der Waals surface area contributed by atoms with Crippen LogP contribution in [0.1, 0.15) is 65.2 Å². The van der Waals surface area contributed by atoms with Gasteiger partial charge in [0.15, 0.2) is 5.78 Å². The Kier molecular flexibility index (Phi) is 4.99. The highest BCUT2D eigenvalue weighted by Gasteiger charge is 2.72. The standard InChI is InChI=1S/C28H38N4O3/c1-3-35-26-25-19-5-4-18-16(17(19)9-12-28(25,26)34)8-11-27(2)20(18)6-7-21(27)24(33)15-32-30-22-10-13-29-14-23(22)31-32/h10,13-14,16-21,25-26,34H,3-9,11-12,15H2,1-2H3/t16-,17-,18-,19-,20+,21-,25?,26?,27+,28-/m1/s1. The quantitative estimate of drug-likeness (QED) is 0.698. The fraction of sp³-hybridized carbons (Fsp3) is 0.786. The third kappa shape index (κ3) is 3.16. The zero-order chi connectivity index (χ0) is 23.9. The maximum Gasteiger partial charge on any atom is 0.159 e. The summed E-state index contributed by atoms with van der Waals surface area (Å²) in [6.45, 7) is 5.42. The Labute approximate surface area is 207 Å². The van der Waals surface area contributed by atoms with E-state index in [4.69, 9.17) is 4.74 Å². The summed E-state index contributed by atoms with van der Waals surface area (Å²) < 4.78 is 5.98. The lowest BCUT2D eigenvalue weighted by atomic mass is 9.49. The summed E-state index contributed by atoms with van der Waals surface area (Å²) >= 11 is 0. The predicted octanol–water partition coefficient (Wildman–Crippen LogP) is 4.04. The molecule has 0 aromatic carbocycles. The minimum atomic E-state index is -0.542. The molecule has 5 aliphatic carbocycles. The lowest BCUT2D eigenvalue weighted by Crippen LogP contribution is -2.50. The molecule has 5 fully saturated rings. The van der Waals surface area contributed by atoms with Gasteiger partial charge in [-0.25, -0.2) is 0 Å². The number of pyridine rings is 1. The summed E-state index contributed by atoms with van der Waals surface area (Å²) in [6, 6.07) is 1.85. The molecule has 0 amide bonds. The SMILES string of the molecule is CCOC1C2[C@@H]3CC[C@@H]4[C@H](CC[C@]5(C)[C@@H](C(=O)Cn6nc7ccncc7n6)CC[C@@H]45)[C@H]3CC[C@]12O. The van der Waals surface area contributed by atoms with Crippen LogP contribution in [0.2, 0.25) is 0 Å². The largest absolute Gasteiger partial charge is 0.387 e. The van der Waals surface area contributed by atoms with Crippen molar-refractivity contribution in [1.29, 1.82) is 0 Å². The molecule has 35 heavy (non-hydrogen) atoms. The second-order valence-corrected chi connectivity index (χ2v) is 12.5. The maximum atomic E-state index is 13.6. The molecular formula is C28H38N4O3. The second-order valence-electron chi connectivity index (χ2n) is 12.5. The number of rotatable bonds is 5. The first-order chi connectivity index (χ1) is 16.9. The fourth-order valence-electron chi connectivity index (χ4n) is 9.86. The molecule has 0 saturated heterocycles. The molecule has 0 aliphatic heterocycles. The van der Waals surface area contributed by atoms with Crippen molar-refractivity contribution in [3.8, 4) is 0 Å². The summed E-state index contributed by atoms with van der Waals surface area (Å²) in [6.07, 6.45) is 12.6. The summed E-state index contributed by atoms with van der Waals surface area (Å²) in [7, 11) is 0. The van der Waals surface area contributed by atoms with Gasteiger partial charge in [0.1, 0.15) is 17.6 Å². The molecule has 7 rings (SSSR count). The molecule has 188 valence electrons. The normalized spacial score (nSPS) is 45.9. The van der Waals surface area contributed by atoms with E-state index in [0.717, 1.165) is 54.5 Å². The number of Topliss-reactive ketones (excluding diaryl/α,β-unsaturated/α-hetero) is 1. The minimum Gasteiger partial charge on any atom is -0.387 e. The molecule has 0 spiro atoms. The highest BCUT2D eigenvalue weighted by molar-refractivity contribution is 5.82. The van der Waals surface area contributed by atoms with Crippen LogP contribution < -0.4 is 0 Å². The number of ether oxygens (including phenoxy) is 1. The van der Waals surface area contributed by atoms with Crippen LogP contribution in [0.5, 0.6) is 0 Å². The van der Waals surface area contributed by atoms with Crippen LogP contribution in [-0.2, 0) is 16.1 Å². The van der Waals surface area contributed by atoms with Crippen molar-refractivity contribution in [2.75, 3.05) is 6.61 Å². The first kappa shape index (κ1) is 22.3. The van der Waals surface area contributed by atoms with Crippen molar-refractivity contribution < 1.29 is 14.6 Å². The number of ketones is 1. The van der Waals surface area contributed by atoms with E-state index in [1.54, 1.807) is 17.2 Å². The minimum absolute atomic E-state index is 0.0738. The molecule has 0 radical (unpaired) electrons. The van der Waals surface area contributed by atoms with E-state index >= 15 is 0 Å². The zero-order valence-corrected chi connectivity index (χ0v) is 21.0. The molecule has 10 atom stereocenters. The van der Waals surface area contributed by atoms with E-state index in [9.17, 15) is 9.90 Å². The van der Waals surface area contributed by atoms with Gasteiger partial charge in [-0.15, -0.1) is 0 Å². The van der Waals surface area contributed by atoms with Crippen LogP contribution in [0.3, 0.4) is 0 Å². The summed E-state index contributed by atoms with van der Waals surface area (Å²) in [5.41, 5.74) is 1.10. The van der Waals surface area contributed by atoms with Gasteiger partial charge in [-0.3, -0.25) is 9.78 Å². The first-order valence-electron chi connectivity index (χ1n) is 14.0. The third-order valence-electron chi connectivity index (χ3n) is 11.3. The van der Waals surface area contributed by atoms with Gasteiger partial charge in [-0.1, -0.05) is 6.92 Å². The van der Waals surface area contributed by atoms with Crippen LogP contribution in [0, 0.1) is 46.8 Å². The van der Waals surface area contributed by atoms with Gasteiger partial charge in [0, 0.05) is 24.6 Å². The molecule has 2 unspecified atom stereocenters. The number of carbonyl (C=O) groups is 1. The van der Waals surface area contributed by atoms with E-state index in [2.05, 4.69) is 22.1 Å². The fourth-order valence-corrected chi connectivity index (χ4v) is 9.86. The van der Waals surface area contributed by atoms with Gasteiger partial charge in [0.25, 0.3) is 0 Å². The second kappa shape index (κ2) is 7.82. The lowest BCUT2D eigenvalue weighted by Gasteiger charge is -2.55. The average molecular weight is 479 g/mol. The molecule has 5 saturated carbocycles. The van der Waals surface area contributed by atoms with Crippen molar-refractivity contribution in [3.63, 3.8) is 0 Å². The Morgan fingerprint density at radius 1 is 1.06 bits per heavy atom. The Bertz CT molecular complexity index is 1120. The molecule has 2 aromatic rings. The van der Waals surface area contributed by atoms with Crippen LogP contribution in [0.25, 0.3) is 11.0 Å². The Morgan fingerprint density at radius 3 is 2.66 bits per heavy atom. The maximum absolute atomic E-state index is 13.6. The number of aliphatic hydroxyl groups is 1. The van der Waals surface area contributed by atoms with Crippen molar-refractivity contribution >= 4 is 16.8 Å². The van der Waals surface area contributed by atoms with Gasteiger partial charge in [0.05, 0.1) is 17.9 Å². The van der Waals surface area contributed by atoms with Crippen molar-refractivity contribution in [3.05, 3.63) is 18.5 Å². The van der Waals surface area contributed by atoms with E-state index in [1.807, 2.05) is 13.0 Å². The summed E-state index contributed by atoms with van der Waals surface area (Å²) in [4.78, 5) is 19.3. The van der Waals surface area contributed by atoms with Gasteiger partial charge in [-0.2, -0.15) is 15.0 Å². The molecule has 2 heterocycles. The summed E-state index contributed by atoms with van der Waals surface area (Å²) in [5, 5.41) is 20.2. The Hall–Kier alpha value is -1.86. The number of carbonyl (C=O) groups excluding carboxylic acids is 1. The smallest absolute Gasteiger partial charge is 0.159 e. The van der Waals surface area contributed by atoms with E-state index in [1.165, 1.54) is 25.7 Å². The molecule has 7 heteroatoms. The van der Waals surface area contributed by atoms with E-state index in [0.29, 0.717) is 30.1 Å². The van der Waals surface area contributed by atoms with Crippen molar-refractivity contribution in [2.45, 2.75) is 83.5 Å². The Balaban J connectivity index is 1.07. The lowest BCUT2D eigenvalue weighted by molar-refractivity contribution is -0.132. The van der Waals surface area contributed by atoms with Gasteiger partial charge in [0.2, 0.25) is 0 Å². The van der Waals surface area contributed by atoms with Crippen LogP contribution >= 0.6 is 0 Å². The van der Waals surface area contributed by atoms with E-state index in [-0.39, 0.29) is 24.0 Å². The van der Waals surface area contributed by atoms with Gasteiger partial charge < -0.3 is 9.84 Å². The third-order valence-corrected chi connectivity index (χ3v) is 11.3. The Morgan fingerprint density at radius 2 is 1.83 bits per heavy atom. The number of nitrogens with zero attached hydrogens (tertiary/aromatic N) is 4. The van der Waals surface area contributed by atoms with E-state index < -0.39 is 5.60 Å². The van der Waals surface area contributed by atoms with Crippen LogP contribution in [0.4, 0.5) is 0 Å². The first-order valence-corrected chi connectivity index (χ1v) is 14.0. The highest BCUT2D eigenvalue weighted by Crippen LogP contribution is 2.69. The van der Waals surface area contributed by atoms with Crippen molar-refractivity contribution in [2.24, 2.45) is 46.8 Å². The summed E-state index contributed by atoms with van der Waals surface area (Å²) in [5.74, 6) is 4.28. The zero-order valence-electron chi connectivity index (χ0n) is 21.0. The molecule has 1 N–H and O–H groups in total. The van der Waals surface area contributed by atoms with Gasteiger partial charge in [-0.05, 0) is 99.4 Å². The predicted molar refractivity (Wildman–Crippen MR) is 130 cm³/mol. The molecule has 0 bridgehead atoms. The molecule has 7 nitrogen and oxygen atoms in total. The monoisotopic (exact) mass is 478 g/mol. The molecule has 5 aliphatic rings. The average Bonchev–Trinajstić information content (AvgIpc) is 3.12. The molecular weight excluding hydrogens is 440 g/mol. The highest BCUT2D eigenvalue weighted by atomic mass is 16.5. The number of fused-ring (bicyclic) bond motifs is 8. The van der Waals surface area contributed by atoms with Crippen LogP contribution in [0.15, 0.2) is 18.5 Å². The number of hydrogen-bond acceptors (Lipinski definition) is 6. The van der Waals surface area contributed by atoms with Crippen LogP contribution in [-0.4, -0.2) is 49.2 Å².